The molecule has 54 heavy (non-hydrogen) atoms. The van der Waals surface area contributed by atoms with Gasteiger partial charge in [-0.25, -0.2) is 9.97 Å². The first-order chi connectivity index (χ1) is 26.5. The third-order valence-electron chi connectivity index (χ3n) is 11.6. The summed E-state index contributed by atoms with van der Waals surface area (Å²) in [4.78, 5) is 16.1. The summed E-state index contributed by atoms with van der Waals surface area (Å²) in [5, 5.41) is 10.2. The highest BCUT2D eigenvalue weighted by atomic mass is 15.2. The molecule has 7 aromatic carbocycles. The molecule has 10 aromatic rings. The average Bonchev–Trinajstić information content (AvgIpc) is 3.23. The summed E-state index contributed by atoms with van der Waals surface area (Å²) < 4.78 is 0. The lowest BCUT2D eigenvalue weighted by Crippen LogP contribution is -2.31. The van der Waals surface area contributed by atoms with Crippen molar-refractivity contribution in [1.29, 1.82) is 0 Å². The number of benzene rings is 7. The Labute approximate surface area is 313 Å². The molecule has 4 nitrogen and oxygen atoms in total. The molecule has 4 heteroatoms. The van der Waals surface area contributed by atoms with E-state index in [-0.39, 0.29) is 5.41 Å². The molecule has 0 fully saturated rings. The standard InChI is InChI=1S/C50H34N4/c1-50(2)43-6-5-25-53-49(43)54(46-7-3-4-24-52-46)45-21-16-36(30-44(45)50)35-10-8-31-9-11-37(29-38(31)28-35)40-18-13-34-14-19-41-39(32-22-26-51-27-23-32)17-12-33-15-20-42(40)48(34)47(33)41/h3-30H,1-2H3. The third-order valence-corrected chi connectivity index (χ3v) is 11.6. The van der Waals surface area contributed by atoms with Crippen molar-refractivity contribution < 1.29 is 0 Å². The van der Waals surface area contributed by atoms with Crippen LogP contribution in [0.5, 0.6) is 0 Å². The van der Waals surface area contributed by atoms with Crippen LogP contribution in [0.3, 0.4) is 0 Å². The quantitative estimate of drug-likeness (QED) is 0.172. The number of nitrogens with zero attached hydrogens (tertiary/aromatic N) is 4. The summed E-state index contributed by atoms with van der Waals surface area (Å²) in [5.74, 6) is 1.79. The Morgan fingerprint density at radius 2 is 1.07 bits per heavy atom. The maximum atomic E-state index is 4.86. The number of hydrogen-bond donors (Lipinski definition) is 0. The molecule has 0 unspecified atom stereocenters. The fraction of sp³-hybridized carbons (Fsp3) is 0.0600. The molecule has 0 atom stereocenters. The van der Waals surface area contributed by atoms with E-state index in [1.807, 2.05) is 43.0 Å². The number of fused-ring (bicyclic) bond motifs is 3. The van der Waals surface area contributed by atoms with E-state index >= 15 is 0 Å². The van der Waals surface area contributed by atoms with Gasteiger partial charge in [0, 0.05) is 35.8 Å². The SMILES string of the molecule is CC1(C)c2cc(-c3ccc4ccc(-c5ccc6ccc7c(-c8ccncc8)ccc8ccc5c6c87)cc4c3)ccc2N(c2ccccn2)c2ncccc21. The smallest absolute Gasteiger partial charge is 0.142 e. The minimum atomic E-state index is -0.252. The molecule has 1 aliphatic heterocycles. The summed E-state index contributed by atoms with van der Waals surface area (Å²) in [6.45, 7) is 4.60. The number of aromatic nitrogens is 3. The lowest BCUT2D eigenvalue weighted by molar-refractivity contribution is 0.627. The highest BCUT2D eigenvalue weighted by molar-refractivity contribution is 6.27. The fourth-order valence-corrected chi connectivity index (χ4v) is 8.88. The second-order valence-electron chi connectivity index (χ2n) is 14.9. The number of pyridine rings is 3. The zero-order chi connectivity index (χ0) is 36.0. The van der Waals surface area contributed by atoms with Crippen molar-refractivity contribution in [3.63, 3.8) is 0 Å². The van der Waals surface area contributed by atoms with E-state index in [2.05, 4.69) is 151 Å². The molecule has 0 saturated carbocycles. The van der Waals surface area contributed by atoms with Crippen LogP contribution < -0.4 is 4.90 Å². The summed E-state index contributed by atoms with van der Waals surface area (Å²) in [7, 11) is 0. The van der Waals surface area contributed by atoms with Gasteiger partial charge in [0.15, 0.2) is 0 Å². The van der Waals surface area contributed by atoms with Gasteiger partial charge in [0.2, 0.25) is 0 Å². The summed E-state index contributed by atoms with van der Waals surface area (Å²) in [5.41, 5.74) is 10.6. The predicted molar refractivity (Wildman–Crippen MR) is 224 cm³/mol. The van der Waals surface area contributed by atoms with Crippen LogP contribution in [0.4, 0.5) is 17.3 Å². The molecule has 0 bridgehead atoms. The Morgan fingerprint density at radius 3 is 1.81 bits per heavy atom. The number of rotatable bonds is 4. The highest BCUT2D eigenvalue weighted by Crippen LogP contribution is 2.51. The Hall–Kier alpha value is -6.91. The van der Waals surface area contributed by atoms with E-state index in [1.165, 1.54) is 87.6 Å². The molecule has 4 heterocycles. The maximum absolute atomic E-state index is 4.86. The van der Waals surface area contributed by atoms with Gasteiger partial charge in [0.1, 0.15) is 11.6 Å². The summed E-state index contributed by atoms with van der Waals surface area (Å²) in [6.07, 6.45) is 7.46. The first-order valence-electron chi connectivity index (χ1n) is 18.5. The van der Waals surface area contributed by atoms with E-state index in [4.69, 9.17) is 9.97 Å². The van der Waals surface area contributed by atoms with Crippen molar-refractivity contribution in [2.45, 2.75) is 19.3 Å². The number of anilines is 3. The normalized spacial score (nSPS) is 13.5. The van der Waals surface area contributed by atoms with E-state index in [0.717, 1.165) is 17.3 Å². The lowest BCUT2D eigenvalue weighted by Gasteiger charge is -2.40. The van der Waals surface area contributed by atoms with Crippen LogP contribution in [0.15, 0.2) is 170 Å². The lowest BCUT2D eigenvalue weighted by atomic mass is 9.74. The zero-order valence-corrected chi connectivity index (χ0v) is 30.0. The number of hydrogen-bond acceptors (Lipinski definition) is 4. The first-order valence-corrected chi connectivity index (χ1v) is 18.5. The fourth-order valence-electron chi connectivity index (χ4n) is 8.88. The van der Waals surface area contributed by atoms with Crippen LogP contribution in [0.2, 0.25) is 0 Å². The zero-order valence-electron chi connectivity index (χ0n) is 30.0. The van der Waals surface area contributed by atoms with Gasteiger partial charge in [0.05, 0.1) is 5.69 Å². The van der Waals surface area contributed by atoms with Crippen molar-refractivity contribution in [3.8, 4) is 33.4 Å². The third kappa shape index (κ3) is 4.53. The van der Waals surface area contributed by atoms with Crippen LogP contribution >= 0.6 is 0 Å². The Bertz CT molecular complexity index is 3080. The Kier molecular flexibility index (Phi) is 6.56. The molecule has 3 aromatic heterocycles. The highest BCUT2D eigenvalue weighted by Gasteiger charge is 2.38. The van der Waals surface area contributed by atoms with Gasteiger partial charge in [-0.2, -0.15) is 0 Å². The maximum Gasteiger partial charge on any atom is 0.142 e. The minimum Gasteiger partial charge on any atom is -0.278 e. The molecule has 1 aliphatic rings. The van der Waals surface area contributed by atoms with Crippen LogP contribution in [0.1, 0.15) is 25.0 Å². The average molecular weight is 691 g/mol. The molecular weight excluding hydrogens is 657 g/mol. The molecule has 0 saturated heterocycles. The van der Waals surface area contributed by atoms with E-state index in [9.17, 15) is 0 Å². The van der Waals surface area contributed by atoms with Crippen molar-refractivity contribution in [2.24, 2.45) is 0 Å². The van der Waals surface area contributed by atoms with Crippen LogP contribution in [-0.2, 0) is 5.41 Å². The molecule has 0 spiro atoms. The van der Waals surface area contributed by atoms with Gasteiger partial charge in [-0.05, 0) is 137 Å². The second kappa shape index (κ2) is 11.5. The largest absolute Gasteiger partial charge is 0.278 e. The monoisotopic (exact) mass is 690 g/mol. The molecule has 0 radical (unpaired) electrons. The Morgan fingerprint density at radius 1 is 0.444 bits per heavy atom. The van der Waals surface area contributed by atoms with Crippen LogP contribution in [0, 0.1) is 0 Å². The van der Waals surface area contributed by atoms with Crippen molar-refractivity contribution in [3.05, 3.63) is 182 Å². The minimum absolute atomic E-state index is 0.252. The topological polar surface area (TPSA) is 41.9 Å². The first kappa shape index (κ1) is 30.7. The van der Waals surface area contributed by atoms with Gasteiger partial charge >= 0.3 is 0 Å². The van der Waals surface area contributed by atoms with Gasteiger partial charge in [-0.15, -0.1) is 0 Å². The Balaban J connectivity index is 1.04. The van der Waals surface area contributed by atoms with Crippen molar-refractivity contribution >= 4 is 60.4 Å². The van der Waals surface area contributed by atoms with Crippen LogP contribution in [-0.4, -0.2) is 15.0 Å². The van der Waals surface area contributed by atoms with Crippen molar-refractivity contribution in [1.82, 2.24) is 15.0 Å². The van der Waals surface area contributed by atoms with Gasteiger partial charge in [0.25, 0.3) is 0 Å². The summed E-state index contributed by atoms with van der Waals surface area (Å²) in [6, 6.07) is 53.3. The van der Waals surface area contributed by atoms with E-state index in [1.54, 1.807) is 0 Å². The summed E-state index contributed by atoms with van der Waals surface area (Å²) >= 11 is 0. The molecule has 11 rings (SSSR count). The molecular formula is C50H34N4. The van der Waals surface area contributed by atoms with Crippen molar-refractivity contribution in [2.75, 3.05) is 4.90 Å². The predicted octanol–water partition coefficient (Wildman–Crippen LogP) is 13.0. The van der Waals surface area contributed by atoms with Crippen LogP contribution in [0.25, 0.3) is 76.5 Å². The molecule has 0 aliphatic carbocycles. The van der Waals surface area contributed by atoms with E-state index in [0.29, 0.717) is 0 Å². The van der Waals surface area contributed by atoms with Gasteiger partial charge < -0.3 is 0 Å². The molecule has 0 amide bonds. The van der Waals surface area contributed by atoms with Gasteiger partial charge in [-0.3, -0.25) is 9.88 Å². The molecule has 0 N–H and O–H groups in total. The second-order valence-corrected chi connectivity index (χ2v) is 14.9. The van der Waals surface area contributed by atoms with E-state index < -0.39 is 0 Å². The van der Waals surface area contributed by atoms with Gasteiger partial charge in [-0.1, -0.05) is 105 Å². The molecule has 254 valence electrons.